The van der Waals surface area contributed by atoms with E-state index in [0.717, 1.165) is 22.3 Å². The van der Waals surface area contributed by atoms with Gasteiger partial charge in [-0.1, -0.05) is 11.6 Å². The molecular weight excluding hydrogens is 350 g/mol. The van der Waals surface area contributed by atoms with Crippen molar-refractivity contribution in [3.63, 3.8) is 0 Å². The summed E-state index contributed by atoms with van der Waals surface area (Å²) in [5.41, 5.74) is 1.02. The second-order valence-electron chi connectivity index (χ2n) is 4.30. The van der Waals surface area contributed by atoms with Crippen LogP contribution in [0.2, 0.25) is 5.02 Å². The number of nitrogens with one attached hydrogen (secondary N) is 1. The zero-order chi connectivity index (χ0) is 14.7. The predicted molar refractivity (Wildman–Crippen MR) is 78.8 cm³/mol. The molecule has 20 heavy (non-hydrogen) atoms. The van der Waals surface area contributed by atoms with Gasteiger partial charge in [0.25, 0.3) is 0 Å². The molecule has 1 unspecified atom stereocenters. The van der Waals surface area contributed by atoms with Crippen molar-refractivity contribution in [1.82, 2.24) is 10.3 Å². The summed E-state index contributed by atoms with van der Waals surface area (Å²) in [7, 11) is 1.69. The minimum atomic E-state index is -0.632. The van der Waals surface area contributed by atoms with E-state index in [4.69, 9.17) is 11.6 Å². The summed E-state index contributed by atoms with van der Waals surface area (Å²) in [6.45, 7) is 0. The molecule has 1 aromatic carbocycles. The highest BCUT2D eigenvalue weighted by Gasteiger charge is 2.18. The Morgan fingerprint density at radius 1 is 1.30 bits per heavy atom. The first-order valence-corrected chi connectivity index (χ1v) is 7.10. The number of halogens is 4. The van der Waals surface area contributed by atoms with Gasteiger partial charge in [0.05, 0.1) is 5.02 Å². The lowest BCUT2D eigenvalue weighted by Crippen LogP contribution is -2.21. The topological polar surface area (TPSA) is 24.9 Å². The Labute approximate surface area is 129 Å². The molecule has 6 heteroatoms. The molecule has 2 nitrogen and oxygen atoms in total. The Kier molecular flexibility index (Phi) is 5.07. The standard InChI is InChI=1S/C14H12BrClF2N2/c1-19-14(4-9-3-2-8(15)7-20-9)10-5-13(18)11(16)6-12(10)17/h2-3,5-7,14,19H,4H2,1H3. The van der Waals surface area contributed by atoms with Crippen molar-refractivity contribution in [1.29, 1.82) is 0 Å². The van der Waals surface area contributed by atoms with E-state index in [1.54, 1.807) is 13.2 Å². The normalized spacial score (nSPS) is 12.4. The van der Waals surface area contributed by atoms with Crippen molar-refractivity contribution in [3.05, 3.63) is 62.8 Å². The third-order valence-corrected chi connectivity index (χ3v) is 3.72. The monoisotopic (exact) mass is 360 g/mol. The summed E-state index contributed by atoms with van der Waals surface area (Å²) in [6, 6.07) is 5.42. The van der Waals surface area contributed by atoms with Gasteiger partial charge < -0.3 is 5.32 Å². The summed E-state index contributed by atoms with van der Waals surface area (Å²) < 4.78 is 28.3. The van der Waals surface area contributed by atoms with Crippen LogP contribution in [0.4, 0.5) is 8.78 Å². The fourth-order valence-electron chi connectivity index (χ4n) is 1.91. The van der Waals surface area contributed by atoms with Crippen molar-refractivity contribution in [3.8, 4) is 0 Å². The van der Waals surface area contributed by atoms with E-state index in [-0.39, 0.29) is 16.6 Å². The summed E-state index contributed by atoms with van der Waals surface area (Å²) >= 11 is 8.86. The van der Waals surface area contributed by atoms with Crippen LogP contribution in [0.25, 0.3) is 0 Å². The van der Waals surface area contributed by atoms with Crippen LogP contribution in [0.5, 0.6) is 0 Å². The fourth-order valence-corrected chi connectivity index (χ4v) is 2.29. The van der Waals surface area contributed by atoms with Crippen LogP contribution in [-0.2, 0) is 6.42 Å². The van der Waals surface area contributed by atoms with Crippen LogP contribution >= 0.6 is 27.5 Å². The molecule has 1 aromatic heterocycles. The smallest absolute Gasteiger partial charge is 0.142 e. The van der Waals surface area contributed by atoms with E-state index in [0.29, 0.717) is 6.42 Å². The molecule has 0 spiro atoms. The molecular formula is C14H12BrClF2N2. The zero-order valence-electron chi connectivity index (χ0n) is 10.6. The van der Waals surface area contributed by atoms with Gasteiger partial charge in [-0.2, -0.15) is 0 Å². The van der Waals surface area contributed by atoms with Crippen LogP contribution in [0.15, 0.2) is 34.9 Å². The molecule has 0 bridgehead atoms. The van der Waals surface area contributed by atoms with E-state index in [9.17, 15) is 8.78 Å². The van der Waals surface area contributed by atoms with Crippen LogP contribution in [0, 0.1) is 11.6 Å². The maximum Gasteiger partial charge on any atom is 0.142 e. The van der Waals surface area contributed by atoms with E-state index in [2.05, 4.69) is 26.2 Å². The fraction of sp³-hybridized carbons (Fsp3) is 0.214. The molecule has 2 aromatic rings. The molecule has 0 fully saturated rings. The quantitative estimate of drug-likeness (QED) is 0.822. The van der Waals surface area contributed by atoms with Gasteiger partial charge in [-0.05, 0) is 47.2 Å². The summed E-state index contributed by atoms with van der Waals surface area (Å²) in [6.07, 6.45) is 2.11. The lowest BCUT2D eigenvalue weighted by Gasteiger charge is -2.17. The van der Waals surface area contributed by atoms with Gasteiger partial charge in [-0.3, -0.25) is 4.98 Å². The van der Waals surface area contributed by atoms with Crippen LogP contribution < -0.4 is 5.32 Å². The van der Waals surface area contributed by atoms with Crippen LogP contribution in [-0.4, -0.2) is 12.0 Å². The van der Waals surface area contributed by atoms with E-state index in [1.165, 1.54) is 0 Å². The van der Waals surface area contributed by atoms with Crippen molar-refractivity contribution in [2.45, 2.75) is 12.5 Å². The van der Waals surface area contributed by atoms with Crippen molar-refractivity contribution < 1.29 is 8.78 Å². The van der Waals surface area contributed by atoms with Gasteiger partial charge in [0.1, 0.15) is 11.6 Å². The molecule has 106 valence electrons. The summed E-state index contributed by atoms with van der Waals surface area (Å²) in [5, 5.41) is 2.75. The molecule has 0 saturated heterocycles. The summed E-state index contributed by atoms with van der Waals surface area (Å²) in [5.74, 6) is -1.17. The second kappa shape index (κ2) is 6.61. The predicted octanol–water partition coefficient (Wildman–Crippen LogP) is 4.28. The number of hydrogen-bond donors (Lipinski definition) is 1. The largest absolute Gasteiger partial charge is 0.313 e. The van der Waals surface area contributed by atoms with Crippen LogP contribution in [0.1, 0.15) is 17.3 Å². The lowest BCUT2D eigenvalue weighted by atomic mass is 10.0. The highest BCUT2D eigenvalue weighted by atomic mass is 79.9. The minimum Gasteiger partial charge on any atom is -0.313 e. The number of rotatable bonds is 4. The third kappa shape index (κ3) is 3.53. The zero-order valence-corrected chi connectivity index (χ0v) is 13.0. The average molecular weight is 362 g/mol. The molecule has 1 atom stereocenters. The maximum absolute atomic E-state index is 13.9. The Balaban J connectivity index is 2.28. The van der Waals surface area contributed by atoms with Gasteiger partial charge in [-0.15, -0.1) is 0 Å². The van der Waals surface area contributed by atoms with E-state index >= 15 is 0 Å². The Morgan fingerprint density at radius 3 is 2.65 bits per heavy atom. The van der Waals surface area contributed by atoms with Gasteiger partial charge >= 0.3 is 0 Å². The molecule has 0 aliphatic rings. The first kappa shape index (κ1) is 15.4. The number of pyridine rings is 1. The molecule has 1 N–H and O–H groups in total. The highest BCUT2D eigenvalue weighted by molar-refractivity contribution is 9.10. The van der Waals surface area contributed by atoms with Crippen molar-refractivity contribution in [2.24, 2.45) is 0 Å². The second-order valence-corrected chi connectivity index (χ2v) is 5.62. The van der Waals surface area contributed by atoms with E-state index in [1.807, 2.05) is 12.1 Å². The molecule has 1 heterocycles. The molecule has 0 radical (unpaired) electrons. The Morgan fingerprint density at radius 2 is 2.05 bits per heavy atom. The minimum absolute atomic E-state index is 0.220. The van der Waals surface area contributed by atoms with Gasteiger partial charge in [0, 0.05) is 34.4 Å². The van der Waals surface area contributed by atoms with E-state index < -0.39 is 11.6 Å². The number of aromatic nitrogens is 1. The number of likely N-dealkylation sites (N-methyl/N-ethyl adjacent to an activating group) is 1. The van der Waals surface area contributed by atoms with Gasteiger partial charge in [0.2, 0.25) is 0 Å². The molecule has 0 aliphatic heterocycles. The number of nitrogens with zero attached hydrogens (tertiary/aromatic N) is 1. The van der Waals surface area contributed by atoms with Gasteiger partial charge in [0.15, 0.2) is 0 Å². The third-order valence-electron chi connectivity index (χ3n) is 2.97. The molecule has 2 rings (SSSR count). The lowest BCUT2D eigenvalue weighted by molar-refractivity contribution is 0.520. The first-order valence-electron chi connectivity index (χ1n) is 5.93. The molecule has 0 aliphatic carbocycles. The first-order chi connectivity index (χ1) is 9.51. The Hall–Kier alpha value is -1.04. The van der Waals surface area contributed by atoms with Gasteiger partial charge in [-0.25, -0.2) is 8.78 Å². The van der Waals surface area contributed by atoms with Crippen LogP contribution in [0.3, 0.4) is 0 Å². The van der Waals surface area contributed by atoms with Crippen molar-refractivity contribution >= 4 is 27.5 Å². The Bertz CT molecular complexity index is 605. The highest BCUT2D eigenvalue weighted by Crippen LogP contribution is 2.26. The van der Waals surface area contributed by atoms with Crippen molar-refractivity contribution in [2.75, 3.05) is 7.05 Å². The maximum atomic E-state index is 13.9. The molecule has 0 saturated carbocycles. The number of hydrogen-bond acceptors (Lipinski definition) is 2. The summed E-state index contributed by atoms with van der Waals surface area (Å²) in [4.78, 5) is 4.23. The average Bonchev–Trinajstić information content (AvgIpc) is 2.43. The number of benzene rings is 1. The SMILES string of the molecule is CNC(Cc1ccc(Br)cn1)c1cc(F)c(Cl)cc1F. The molecule has 0 amide bonds.